The maximum Gasteiger partial charge on any atom is 0.390 e. The Bertz CT molecular complexity index is 1180. The third kappa shape index (κ3) is 4.21. The number of hydrogen-bond acceptors (Lipinski definition) is 4. The Morgan fingerprint density at radius 1 is 1.13 bits per heavy atom. The van der Waals surface area contributed by atoms with E-state index in [2.05, 4.69) is 0 Å². The van der Waals surface area contributed by atoms with Gasteiger partial charge in [0.1, 0.15) is 0 Å². The molecule has 1 heterocycles. The summed E-state index contributed by atoms with van der Waals surface area (Å²) in [6.45, 7) is 2.17. The van der Waals surface area contributed by atoms with Crippen molar-refractivity contribution in [3.05, 3.63) is 71.3 Å². The highest BCUT2D eigenvalue weighted by Crippen LogP contribution is 2.48. The van der Waals surface area contributed by atoms with Gasteiger partial charge in [0.15, 0.2) is 0 Å². The fourth-order valence-electron chi connectivity index (χ4n) is 3.68. The van der Waals surface area contributed by atoms with E-state index in [9.17, 15) is 31.6 Å². The lowest BCUT2D eigenvalue weighted by molar-refractivity contribution is -0.161. The fourth-order valence-corrected chi connectivity index (χ4v) is 5.13. The summed E-state index contributed by atoms with van der Waals surface area (Å²) in [4.78, 5) is 12.9. The van der Waals surface area contributed by atoms with Gasteiger partial charge in [0.2, 0.25) is 5.91 Å². The first-order chi connectivity index (χ1) is 14.4. The Kier molecular flexibility index (Phi) is 5.72. The zero-order valence-electron chi connectivity index (χ0n) is 16.8. The minimum atomic E-state index is -4.75. The van der Waals surface area contributed by atoms with Crippen LogP contribution in [0.2, 0.25) is 0 Å². The second-order valence-electron chi connectivity index (χ2n) is 7.59. The van der Waals surface area contributed by atoms with Crippen molar-refractivity contribution in [1.29, 1.82) is 5.26 Å². The smallest absolute Gasteiger partial charge is 0.273 e. The van der Waals surface area contributed by atoms with Crippen LogP contribution in [0.25, 0.3) is 5.57 Å². The van der Waals surface area contributed by atoms with E-state index in [0.717, 1.165) is 12.5 Å². The number of carbonyl (C=O) groups excluding carboxylic acids is 1. The van der Waals surface area contributed by atoms with Gasteiger partial charge in [-0.15, -0.1) is 0 Å². The van der Waals surface area contributed by atoms with Crippen LogP contribution in [0.5, 0.6) is 0 Å². The predicted molar refractivity (Wildman–Crippen MR) is 108 cm³/mol. The molecule has 1 atom stereocenters. The summed E-state index contributed by atoms with van der Waals surface area (Å²) >= 11 is 0. The highest BCUT2D eigenvalue weighted by Gasteiger charge is 2.56. The molecule has 0 aliphatic carbocycles. The molecule has 2 aromatic carbocycles. The number of alkyl halides is 3. The molecule has 1 fully saturated rings. The highest BCUT2D eigenvalue weighted by atomic mass is 32.2. The molecule has 31 heavy (non-hydrogen) atoms. The van der Waals surface area contributed by atoms with Gasteiger partial charge in [0.25, 0.3) is 10.0 Å². The maximum atomic E-state index is 13.4. The number of amides is 1. The van der Waals surface area contributed by atoms with Crippen LogP contribution < -0.4 is 0 Å². The second-order valence-corrected chi connectivity index (χ2v) is 9.45. The number of aryl methyl sites for hydroxylation is 1. The largest absolute Gasteiger partial charge is 0.390 e. The van der Waals surface area contributed by atoms with Crippen molar-refractivity contribution in [2.45, 2.75) is 31.3 Å². The third-order valence-electron chi connectivity index (χ3n) is 5.31. The van der Waals surface area contributed by atoms with Gasteiger partial charge in [-0.2, -0.15) is 18.4 Å². The second kappa shape index (κ2) is 7.85. The molecule has 0 N–H and O–H groups in total. The third-order valence-corrected chi connectivity index (χ3v) is 7.05. The molecule has 0 bridgehead atoms. The summed E-state index contributed by atoms with van der Waals surface area (Å²) in [5.74, 6) is -1.20. The van der Waals surface area contributed by atoms with Crippen LogP contribution in [0.15, 0.2) is 65.1 Å². The highest BCUT2D eigenvalue weighted by molar-refractivity contribution is 7.89. The van der Waals surface area contributed by atoms with Gasteiger partial charge in [-0.05, 0) is 37.1 Å². The molecule has 0 radical (unpaired) electrons. The molecule has 9 heteroatoms. The number of rotatable bonds is 4. The number of nitriles is 1. The number of allylic oxidation sites excluding steroid dienone is 1. The van der Waals surface area contributed by atoms with Gasteiger partial charge in [0.05, 0.1) is 34.9 Å². The number of sulfonamides is 1. The monoisotopic (exact) mass is 448 g/mol. The Morgan fingerprint density at radius 2 is 1.71 bits per heavy atom. The minimum absolute atomic E-state index is 0.137. The van der Waals surface area contributed by atoms with E-state index in [1.165, 1.54) is 36.4 Å². The average molecular weight is 448 g/mol. The van der Waals surface area contributed by atoms with Crippen molar-refractivity contribution in [3.8, 4) is 6.07 Å². The van der Waals surface area contributed by atoms with Gasteiger partial charge in [0, 0.05) is 0 Å². The number of nitrogens with zero attached hydrogens (tertiary/aromatic N) is 2. The van der Waals surface area contributed by atoms with Crippen LogP contribution in [0, 0.1) is 23.7 Å². The summed E-state index contributed by atoms with van der Waals surface area (Å²) in [6.07, 6.45) is -6.33. The first kappa shape index (κ1) is 22.6. The molecule has 1 aliphatic heterocycles. The SMILES string of the molecule is Cc1ccc(S(=O)(=O)N2C/C(=C(\C#N)c3ccccc3)C(C)(CC(F)(F)F)C2=O)cc1. The molecule has 1 unspecified atom stereocenters. The Hall–Kier alpha value is -3.12. The molecule has 1 amide bonds. The lowest BCUT2D eigenvalue weighted by Gasteiger charge is -2.26. The number of benzene rings is 2. The average Bonchev–Trinajstić information content (AvgIpc) is 2.94. The van der Waals surface area contributed by atoms with Gasteiger partial charge >= 0.3 is 6.18 Å². The molecule has 162 valence electrons. The van der Waals surface area contributed by atoms with Crippen LogP contribution in [0.4, 0.5) is 13.2 Å². The molecule has 0 aromatic heterocycles. The first-order valence-corrected chi connectivity index (χ1v) is 10.7. The van der Waals surface area contributed by atoms with Crippen LogP contribution in [0.3, 0.4) is 0 Å². The number of hydrogen-bond donors (Lipinski definition) is 0. The van der Waals surface area contributed by atoms with E-state index < -0.39 is 40.5 Å². The maximum absolute atomic E-state index is 13.4. The first-order valence-electron chi connectivity index (χ1n) is 9.30. The van der Waals surface area contributed by atoms with E-state index in [0.29, 0.717) is 9.87 Å². The summed E-state index contributed by atoms with van der Waals surface area (Å²) in [5.41, 5.74) is -1.43. The Morgan fingerprint density at radius 3 is 2.23 bits per heavy atom. The van der Waals surface area contributed by atoms with Crippen LogP contribution in [0.1, 0.15) is 24.5 Å². The number of carbonyl (C=O) groups is 1. The normalized spacial score (nSPS) is 21.2. The minimum Gasteiger partial charge on any atom is -0.273 e. The standard InChI is InChI=1S/C22H19F3N2O3S/c1-15-8-10-17(11-9-15)31(29,30)27-13-19(18(12-26)16-6-4-3-5-7-16)21(2,20(27)28)14-22(23,24)25/h3-11H,13-14H2,1-2H3/b19-18-. The van der Waals surface area contributed by atoms with Crippen LogP contribution in [-0.4, -0.2) is 31.4 Å². The van der Waals surface area contributed by atoms with E-state index in [1.807, 2.05) is 6.07 Å². The molecule has 3 rings (SSSR count). The van der Waals surface area contributed by atoms with E-state index in [1.54, 1.807) is 25.1 Å². The van der Waals surface area contributed by atoms with Crippen molar-refractivity contribution in [1.82, 2.24) is 4.31 Å². The molecule has 1 aliphatic rings. The van der Waals surface area contributed by atoms with Crippen molar-refractivity contribution in [2.24, 2.45) is 5.41 Å². The van der Waals surface area contributed by atoms with Gasteiger partial charge < -0.3 is 0 Å². The van der Waals surface area contributed by atoms with Crippen LogP contribution >= 0.6 is 0 Å². The molecular weight excluding hydrogens is 429 g/mol. The molecule has 2 aromatic rings. The van der Waals surface area contributed by atoms with E-state index >= 15 is 0 Å². The van der Waals surface area contributed by atoms with Gasteiger partial charge in [-0.25, -0.2) is 12.7 Å². The van der Waals surface area contributed by atoms with E-state index in [4.69, 9.17) is 0 Å². The molecule has 0 saturated carbocycles. The summed E-state index contributed by atoms with van der Waals surface area (Å²) < 4.78 is 67.0. The Balaban J connectivity index is 2.21. The summed E-state index contributed by atoms with van der Waals surface area (Å²) in [7, 11) is -4.42. The van der Waals surface area contributed by atoms with Crippen molar-refractivity contribution in [3.63, 3.8) is 0 Å². The van der Waals surface area contributed by atoms with Gasteiger partial charge in [-0.3, -0.25) is 4.79 Å². The van der Waals surface area contributed by atoms with Crippen LogP contribution in [-0.2, 0) is 14.8 Å². The quantitative estimate of drug-likeness (QED) is 0.647. The lowest BCUT2D eigenvalue weighted by Crippen LogP contribution is -2.39. The Labute approximate surface area is 178 Å². The van der Waals surface area contributed by atoms with Crippen molar-refractivity contribution >= 4 is 21.5 Å². The summed E-state index contributed by atoms with van der Waals surface area (Å²) in [6, 6.07) is 15.5. The zero-order valence-corrected chi connectivity index (χ0v) is 17.6. The van der Waals surface area contributed by atoms with Crippen molar-refractivity contribution in [2.75, 3.05) is 6.54 Å². The molecule has 5 nitrogen and oxygen atoms in total. The lowest BCUT2D eigenvalue weighted by atomic mass is 9.77. The molecule has 1 saturated heterocycles. The molecular formula is C22H19F3N2O3S. The van der Waals surface area contributed by atoms with E-state index in [-0.39, 0.29) is 16.0 Å². The zero-order chi connectivity index (χ0) is 23.0. The van der Waals surface area contributed by atoms with Crippen molar-refractivity contribution < 1.29 is 26.4 Å². The topological polar surface area (TPSA) is 78.2 Å². The summed E-state index contributed by atoms with van der Waals surface area (Å²) in [5, 5.41) is 9.72. The number of halogens is 3. The fraction of sp³-hybridized carbons (Fsp3) is 0.273. The van der Waals surface area contributed by atoms with Gasteiger partial charge in [-0.1, -0.05) is 48.0 Å². The predicted octanol–water partition coefficient (Wildman–Crippen LogP) is 4.46. The molecule has 0 spiro atoms.